The molecule has 10 heteroatoms. The summed E-state index contributed by atoms with van der Waals surface area (Å²) < 4.78 is 0. The summed E-state index contributed by atoms with van der Waals surface area (Å²) in [6, 6.07) is 9.86. The van der Waals surface area contributed by atoms with Gasteiger partial charge in [-0.15, -0.1) is 0 Å². The Hall–Kier alpha value is -3.60. The number of rotatable bonds is 10. The number of aliphatic hydroxyl groups is 3. The van der Waals surface area contributed by atoms with Gasteiger partial charge in [-0.25, -0.2) is 4.79 Å². The lowest BCUT2D eigenvalue weighted by Gasteiger charge is -2.65. The van der Waals surface area contributed by atoms with Crippen molar-refractivity contribution in [1.29, 1.82) is 0 Å². The molecule has 11 unspecified atom stereocenters. The first-order chi connectivity index (χ1) is 25.3. The van der Waals surface area contributed by atoms with Gasteiger partial charge in [0, 0.05) is 58.6 Å². The third-order valence-electron chi connectivity index (χ3n) is 15.4. The van der Waals surface area contributed by atoms with Crippen molar-refractivity contribution in [3.05, 3.63) is 64.8 Å². The zero-order valence-corrected chi connectivity index (χ0v) is 32.8. The molecule has 5 aliphatic carbocycles. The lowest BCUT2D eigenvalue weighted by atomic mass is 9.38. The van der Waals surface area contributed by atoms with Crippen LogP contribution in [0.5, 0.6) is 0 Å². The van der Waals surface area contributed by atoms with Crippen molar-refractivity contribution in [1.82, 2.24) is 0 Å². The number of benzene rings is 1. The Labute approximate surface area is 319 Å². The molecular weight excluding hydrogens is 682 g/mol. The quantitative estimate of drug-likeness (QED) is 0.103. The van der Waals surface area contributed by atoms with E-state index < -0.39 is 57.8 Å². The Morgan fingerprint density at radius 2 is 1.70 bits per heavy atom. The van der Waals surface area contributed by atoms with E-state index in [1.54, 1.807) is 0 Å². The monoisotopic (exact) mass is 743 g/mol. The number of hydrogen-bond donors (Lipinski definition) is 6. The average molecular weight is 744 g/mol. The lowest BCUT2D eigenvalue weighted by Crippen LogP contribution is -2.64. The molecule has 0 radical (unpaired) electrons. The SMILES string of the molecule is CC(=CC(O)C(CN=C(N)N)C(C)C1CC(O)C2(C)C3=C(C(=O)CC12C1CCCC1)C1(C)CCC(=O)C(C)(C)C1C(C=Cc1ccccc1)C3O)C(=O)O. The minimum Gasteiger partial charge on any atom is -0.478 e. The van der Waals surface area contributed by atoms with Crippen molar-refractivity contribution < 1.29 is 34.8 Å². The predicted molar refractivity (Wildman–Crippen MR) is 209 cm³/mol. The number of guanidine groups is 1. The molecule has 0 saturated heterocycles. The van der Waals surface area contributed by atoms with Crippen molar-refractivity contribution in [3.63, 3.8) is 0 Å². The van der Waals surface area contributed by atoms with Crippen LogP contribution < -0.4 is 11.5 Å². The van der Waals surface area contributed by atoms with Crippen LogP contribution in [0.4, 0.5) is 0 Å². The number of nitrogens with zero attached hydrogens (tertiary/aromatic N) is 1. The number of ketones is 2. The van der Waals surface area contributed by atoms with Gasteiger partial charge >= 0.3 is 5.97 Å². The minimum atomic E-state index is -1.22. The van der Waals surface area contributed by atoms with E-state index in [9.17, 15) is 30.0 Å². The number of fused-ring (bicyclic) bond motifs is 4. The van der Waals surface area contributed by atoms with Gasteiger partial charge in [-0.2, -0.15) is 0 Å². The summed E-state index contributed by atoms with van der Waals surface area (Å²) in [5, 5.41) is 47.0. The van der Waals surface area contributed by atoms with Crippen LogP contribution in [0.1, 0.15) is 98.5 Å². The van der Waals surface area contributed by atoms with Gasteiger partial charge in [-0.1, -0.05) is 89.9 Å². The van der Waals surface area contributed by atoms with E-state index in [2.05, 4.69) is 18.8 Å². The molecule has 0 aliphatic heterocycles. The van der Waals surface area contributed by atoms with Gasteiger partial charge in [0.1, 0.15) is 5.78 Å². The molecule has 1 aromatic rings. The molecule has 1 aromatic carbocycles. The third kappa shape index (κ3) is 6.11. The molecule has 5 aliphatic rings. The molecule has 0 spiro atoms. The number of carbonyl (C=O) groups is 3. The topological polar surface area (TPSA) is 197 Å². The van der Waals surface area contributed by atoms with E-state index in [0.29, 0.717) is 30.4 Å². The molecule has 3 fully saturated rings. The number of carbonyl (C=O) groups excluding carboxylic acids is 2. The smallest absolute Gasteiger partial charge is 0.331 e. The first kappa shape index (κ1) is 40.1. The highest BCUT2D eigenvalue weighted by Crippen LogP contribution is 2.75. The van der Waals surface area contributed by atoms with Gasteiger partial charge in [0.05, 0.1) is 18.3 Å². The summed E-state index contributed by atoms with van der Waals surface area (Å²) in [5.41, 5.74) is 10.4. The zero-order valence-electron chi connectivity index (χ0n) is 32.8. The Morgan fingerprint density at radius 3 is 2.31 bits per heavy atom. The van der Waals surface area contributed by atoms with Crippen LogP contribution in [0.2, 0.25) is 0 Å². The fourth-order valence-corrected chi connectivity index (χ4v) is 12.9. The van der Waals surface area contributed by atoms with Crippen molar-refractivity contribution >= 4 is 29.6 Å². The summed E-state index contributed by atoms with van der Waals surface area (Å²) >= 11 is 0. The van der Waals surface area contributed by atoms with Crippen LogP contribution in [-0.2, 0) is 14.4 Å². The summed E-state index contributed by atoms with van der Waals surface area (Å²) in [6.45, 7) is 11.6. The van der Waals surface area contributed by atoms with Crippen LogP contribution in [0, 0.1) is 57.2 Å². The van der Waals surface area contributed by atoms with E-state index in [0.717, 1.165) is 31.2 Å². The Bertz CT molecular complexity index is 1770. The summed E-state index contributed by atoms with van der Waals surface area (Å²) in [5.74, 6) is -3.30. The molecular formula is C44H61N3O7. The number of hydrogen-bond acceptors (Lipinski definition) is 7. The Morgan fingerprint density at radius 1 is 1.06 bits per heavy atom. The number of aliphatic hydroxyl groups excluding tert-OH is 3. The molecule has 0 bridgehead atoms. The summed E-state index contributed by atoms with van der Waals surface area (Å²) in [4.78, 5) is 45.2. The van der Waals surface area contributed by atoms with E-state index in [4.69, 9.17) is 11.5 Å². The molecule has 3 saturated carbocycles. The number of nitrogens with two attached hydrogens (primary N) is 2. The second-order valence-electron chi connectivity index (χ2n) is 18.2. The fraction of sp³-hybridized carbons (Fsp3) is 0.636. The Balaban J connectivity index is 1.57. The van der Waals surface area contributed by atoms with Crippen LogP contribution in [0.15, 0.2) is 64.2 Å². The van der Waals surface area contributed by atoms with E-state index in [1.165, 1.54) is 13.0 Å². The van der Waals surface area contributed by atoms with Crippen LogP contribution >= 0.6 is 0 Å². The number of Topliss-reactive ketones (excluding diaryl/α,β-unsaturated/α-hetero) is 2. The number of aliphatic imine (C=N–C) groups is 1. The molecule has 11 atom stereocenters. The normalized spacial score (nSPS) is 37.1. The second kappa shape index (κ2) is 14.5. The highest BCUT2D eigenvalue weighted by molar-refractivity contribution is 6.01. The third-order valence-corrected chi connectivity index (χ3v) is 15.4. The number of carboxylic acids is 1. The highest BCUT2D eigenvalue weighted by Gasteiger charge is 2.74. The van der Waals surface area contributed by atoms with Crippen LogP contribution in [-0.4, -0.2) is 68.8 Å². The average Bonchev–Trinajstić information content (AvgIpc) is 3.73. The molecule has 54 heavy (non-hydrogen) atoms. The first-order valence-electron chi connectivity index (χ1n) is 19.9. The standard InChI is InChI=1S/C44H61N3O7/c1-24(39(53)54)20-31(48)29(23-47-40(45)46)25(2)30-21-34(51)43(6)36-35(32(49)22-44(30,43)27-14-10-11-15-27)42(5)19-18-33(50)41(3,4)38(42)28(37(36)52)17-16-26-12-8-7-9-13-26/h7-9,12-13,16-17,20,25,27-31,34,37-38,48,51-52H,10-11,14-15,18-19,21-23H2,1-6H3,(H,53,54)(H4,45,46,47). The van der Waals surface area contributed by atoms with Gasteiger partial charge in [0.25, 0.3) is 0 Å². The maximum absolute atomic E-state index is 15.3. The maximum Gasteiger partial charge on any atom is 0.331 e. The van der Waals surface area contributed by atoms with Crippen LogP contribution in [0.25, 0.3) is 6.08 Å². The zero-order chi connectivity index (χ0) is 39.5. The minimum absolute atomic E-state index is 0.00884. The number of carboxylic acid groups (broad SMARTS) is 1. The van der Waals surface area contributed by atoms with Gasteiger partial charge in [0.2, 0.25) is 0 Å². The Kier molecular flexibility index (Phi) is 10.7. The summed E-state index contributed by atoms with van der Waals surface area (Å²) in [7, 11) is 0. The van der Waals surface area contributed by atoms with Gasteiger partial charge < -0.3 is 31.9 Å². The van der Waals surface area contributed by atoms with Gasteiger partial charge in [0.15, 0.2) is 11.7 Å². The fourth-order valence-electron chi connectivity index (χ4n) is 12.9. The first-order valence-corrected chi connectivity index (χ1v) is 19.9. The van der Waals surface area contributed by atoms with Crippen molar-refractivity contribution in [2.45, 2.75) is 111 Å². The van der Waals surface area contributed by atoms with Gasteiger partial charge in [-0.3, -0.25) is 14.6 Å². The maximum atomic E-state index is 15.3. The van der Waals surface area contributed by atoms with Crippen molar-refractivity contribution in [2.75, 3.05) is 6.54 Å². The van der Waals surface area contributed by atoms with Crippen LogP contribution in [0.3, 0.4) is 0 Å². The highest BCUT2D eigenvalue weighted by atomic mass is 16.4. The molecule has 8 N–H and O–H groups in total. The van der Waals surface area contributed by atoms with E-state index in [-0.39, 0.29) is 59.7 Å². The molecule has 10 nitrogen and oxygen atoms in total. The lowest BCUT2D eigenvalue weighted by molar-refractivity contribution is -0.155. The second-order valence-corrected chi connectivity index (χ2v) is 18.2. The number of aliphatic carboxylic acids is 1. The molecule has 6 rings (SSSR count). The van der Waals surface area contributed by atoms with E-state index >= 15 is 4.79 Å². The van der Waals surface area contributed by atoms with Crippen molar-refractivity contribution in [3.8, 4) is 0 Å². The molecule has 0 heterocycles. The largest absolute Gasteiger partial charge is 0.478 e. The number of allylic oxidation sites excluding steroid dienone is 1. The summed E-state index contributed by atoms with van der Waals surface area (Å²) in [6.07, 6.45) is 7.13. The van der Waals surface area contributed by atoms with Crippen molar-refractivity contribution in [2.24, 2.45) is 73.6 Å². The van der Waals surface area contributed by atoms with E-state index in [1.807, 2.05) is 63.3 Å². The molecule has 0 amide bonds. The molecule has 294 valence electrons. The predicted octanol–water partition coefficient (Wildman–Crippen LogP) is 5.45. The van der Waals surface area contributed by atoms with Gasteiger partial charge in [-0.05, 0) is 78.9 Å². The molecule has 0 aromatic heterocycles.